The Morgan fingerprint density at radius 2 is 1.90 bits per heavy atom. The molecule has 0 spiro atoms. The molecule has 2 N–H and O–H groups in total. The van der Waals surface area contributed by atoms with Crippen molar-refractivity contribution in [1.82, 2.24) is 4.90 Å². The maximum Gasteiger partial charge on any atom is 0.255 e. The van der Waals surface area contributed by atoms with Gasteiger partial charge < -0.3 is 4.90 Å². The normalized spacial score (nSPS) is 15.2. The fraction of sp³-hybridized carbons (Fsp3) is 0.417. The second-order valence-electron chi connectivity index (χ2n) is 4.94. The fourth-order valence-electron chi connectivity index (χ4n) is 1.91. The summed E-state index contributed by atoms with van der Waals surface area (Å²) < 4.78 is 49.2. The molecule has 0 bridgehead atoms. The summed E-state index contributed by atoms with van der Waals surface area (Å²) in [7, 11) is -2.84. The molecule has 1 aliphatic rings. The highest BCUT2D eigenvalue weighted by molar-refractivity contribution is 7.89. The minimum absolute atomic E-state index is 0.382. The van der Waals surface area contributed by atoms with E-state index in [4.69, 9.17) is 5.14 Å². The molecule has 1 amide bonds. The Morgan fingerprint density at radius 1 is 1.35 bits per heavy atom. The molecule has 1 saturated carbocycles. The number of hydrogen-bond acceptors (Lipinski definition) is 3. The largest absolute Gasteiger partial charge is 0.341 e. The van der Waals surface area contributed by atoms with Crippen LogP contribution >= 0.6 is 0 Å². The molecule has 0 saturated heterocycles. The van der Waals surface area contributed by atoms with Crippen LogP contribution in [0.3, 0.4) is 0 Å². The molecule has 2 rings (SSSR count). The Morgan fingerprint density at radius 3 is 2.40 bits per heavy atom. The van der Waals surface area contributed by atoms with Gasteiger partial charge in [-0.1, -0.05) is 0 Å². The van der Waals surface area contributed by atoms with E-state index in [0.29, 0.717) is 24.6 Å². The molecule has 0 unspecified atom stereocenters. The van der Waals surface area contributed by atoms with Crippen LogP contribution in [0.5, 0.6) is 0 Å². The lowest BCUT2D eigenvalue weighted by molar-refractivity contribution is 0.0784. The first-order valence-corrected chi connectivity index (χ1v) is 7.52. The maximum absolute atomic E-state index is 13.3. The van der Waals surface area contributed by atoms with Crippen molar-refractivity contribution in [2.75, 3.05) is 13.6 Å². The van der Waals surface area contributed by atoms with Crippen molar-refractivity contribution in [1.29, 1.82) is 0 Å². The number of sulfonamides is 1. The Kier molecular flexibility index (Phi) is 3.79. The molecule has 110 valence electrons. The number of carbonyl (C=O) groups is 1. The number of halogens is 2. The molecule has 0 heterocycles. The van der Waals surface area contributed by atoms with Crippen LogP contribution < -0.4 is 5.14 Å². The summed E-state index contributed by atoms with van der Waals surface area (Å²) in [6.45, 7) is 0.446. The Bertz CT molecular complexity index is 657. The van der Waals surface area contributed by atoms with Crippen LogP contribution in [-0.4, -0.2) is 32.8 Å². The number of amides is 1. The van der Waals surface area contributed by atoms with Crippen LogP contribution in [0.2, 0.25) is 0 Å². The molecule has 8 heteroatoms. The Balaban J connectivity index is 2.43. The van der Waals surface area contributed by atoms with Gasteiger partial charge in [0.05, 0.1) is 10.5 Å². The second kappa shape index (κ2) is 5.10. The first kappa shape index (κ1) is 14.9. The summed E-state index contributed by atoms with van der Waals surface area (Å²) in [6, 6.07) is 1.00. The van der Waals surface area contributed by atoms with Crippen molar-refractivity contribution in [3.63, 3.8) is 0 Å². The number of rotatable bonds is 4. The van der Waals surface area contributed by atoms with Crippen LogP contribution in [0.15, 0.2) is 17.0 Å². The van der Waals surface area contributed by atoms with Crippen LogP contribution in [0.1, 0.15) is 23.2 Å². The number of primary sulfonamides is 1. The number of hydrogen-bond donors (Lipinski definition) is 1. The molecular weight excluding hydrogens is 290 g/mol. The van der Waals surface area contributed by atoms with E-state index >= 15 is 0 Å². The van der Waals surface area contributed by atoms with Gasteiger partial charge in [0.1, 0.15) is 0 Å². The average molecular weight is 304 g/mol. The summed E-state index contributed by atoms with van der Waals surface area (Å²) >= 11 is 0. The maximum atomic E-state index is 13.3. The van der Waals surface area contributed by atoms with Gasteiger partial charge in [0.25, 0.3) is 5.91 Å². The van der Waals surface area contributed by atoms with Gasteiger partial charge in [0, 0.05) is 13.6 Å². The molecule has 0 radical (unpaired) electrons. The van der Waals surface area contributed by atoms with Crippen molar-refractivity contribution in [3.8, 4) is 0 Å². The van der Waals surface area contributed by atoms with E-state index in [-0.39, 0.29) is 0 Å². The van der Waals surface area contributed by atoms with E-state index in [2.05, 4.69) is 0 Å². The summed E-state index contributed by atoms with van der Waals surface area (Å²) in [4.78, 5) is 12.7. The molecule has 0 aromatic heterocycles. The number of benzene rings is 1. The lowest BCUT2D eigenvalue weighted by Crippen LogP contribution is -2.31. The fourth-order valence-corrected chi connectivity index (χ4v) is 2.63. The summed E-state index contributed by atoms with van der Waals surface area (Å²) in [5, 5.41) is 4.94. The number of carbonyl (C=O) groups excluding carboxylic acids is 1. The molecule has 5 nitrogen and oxygen atoms in total. The van der Waals surface area contributed by atoms with E-state index in [1.54, 1.807) is 0 Å². The average Bonchev–Trinajstić information content (AvgIpc) is 3.13. The predicted octanol–water partition coefficient (Wildman–Crippen LogP) is 1.09. The van der Waals surface area contributed by atoms with Crippen LogP contribution in [-0.2, 0) is 10.0 Å². The smallest absolute Gasteiger partial charge is 0.255 e. The van der Waals surface area contributed by atoms with E-state index in [1.165, 1.54) is 11.9 Å². The highest BCUT2D eigenvalue weighted by atomic mass is 32.2. The van der Waals surface area contributed by atoms with Crippen molar-refractivity contribution in [2.24, 2.45) is 11.1 Å². The van der Waals surface area contributed by atoms with E-state index in [0.717, 1.165) is 12.8 Å². The highest BCUT2D eigenvalue weighted by Crippen LogP contribution is 2.30. The van der Waals surface area contributed by atoms with Gasteiger partial charge in [-0.05, 0) is 30.9 Å². The van der Waals surface area contributed by atoms with Crippen LogP contribution in [0.25, 0.3) is 0 Å². The summed E-state index contributed by atoms with van der Waals surface area (Å²) in [5.74, 6) is -2.97. The lowest BCUT2D eigenvalue weighted by atomic mass is 10.2. The van der Waals surface area contributed by atoms with E-state index in [1.807, 2.05) is 0 Å². The van der Waals surface area contributed by atoms with Crippen molar-refractivity contribution in [3.05, 3.63) is 29.3 Å². The predicted molar refractivity (Wildman–Crippen MR) is 67.4 cm³/mol. The molecule has 20 heavy (non-hydrogen) atoms. The van der Waals surface area contributed by atoms with Gasteiger partial charge in [-0.25, -0.2) is 22.3 Å². The summed E-state index contributed by atoms with van der Waals surface area (Å²) in [5.41, 5.74) is -0.449. The van der Waals surface area contributed by atoms with Crippen LogP contribution in [0, 0.1) is 17.6 Å². The third-order valence-electron chi connectivity index (χ3n) is 3.14. The highest BCUT2D eigenvalue weighted by Gasteiger charge is 2.28. The van der Waals surface area contributed by atoms with Gasteiger partial charge in [-0.15, -0.1) is 0 Å². The number of nitrogens with two attached hydrogens (primary N) is 1. The third kappa shape index (κ3) is 3.13. The first-order chi connectivity index (χ1) is 9.20. The minimum Gasteiger partial charge on any atom is -0.341 e. The Hall–Kier alpha value is -1.54. The zero-order valence-corrected chi connectivity index (χ0v) is 11.6. The number of nitrogens with zero attached hydrogens (tertiary/aromatic N) is 1. The molecule has 0 aliphatic heterocycles. The van der Waals surface area contributed by atoms with Crippen molar-refractivity contribution < 1.29 is 22.0 Å². The lowest BCUT2D eigenvalue weighted by Gasteiger charge is -2.18. The molecule has 1 fully saturated rings. The summed E-state index contributed by atoms with van der Waals surface area (Å²) in [6.07, 6.45) is 1.99. The van der Waals surface area contributed by atoms with Crippen molar-refractivity contribution in [2.45, 2.75) is 17.7 Å². The first-order valence-electron chi connectivity index (χ1n) is 5.97. The standard InChI is InChI=1S/C12H14F2N2O3S/c1-16(6-7-2-3-7)12(17)8-4-9(13)10(14)5-11(8)20(15,18)19/h4-5,7H,2-3,6H2,1H3,(H2,15,18,19). The van der Waals surface area contributed by atoms with Gasteiger partial charge >= 0.3 is 0 Å². The second-order valence-corrected chi connectivity index (χ2v) is 6.47. The molecule has 0 atom stereocenters. The monoisotopic (exact) mass is 304 g/mol. The Labute approximate surface area is 115 Å². The van der Waals surface area contributed by atoms with Crippen LogP contribution in [0.4, 0.5) is 8.78 Å². The van der Waals surface area contributed by atoms with Gasteiger partial charge in [-0.2, -0.15) is 0 Å². The van der Waals surface area contributed by atoms with Gasteiger partial charge in [0.15, 0.2) is 11.6 Å². The zero-order valence-electron chi connectivity index (χ0n) is 10.8. The molecule has 1 aliphatic carbocycles. The minimum atomic E-state index is -4.32. The van der Waals surface area contributed by atoms with Gasteiger partial charge in [-0.3, -0.25) is 4.79 Å². The van der Waals surface area contributed by atoms with Gasteiger partial charge in [0.2, 0.25) is 10.0 Å². The zero-order chi connectivity index (χ0) is 15.1. The van der Waals surface area contributed by atoms with E-state index in [9.17, 15) is 22.0 Å². The molecule has 1 aromatic rings. The SMILES string of the molecule is CN(CC1CC1)C(=O)c1cc(F)c(F)cc1S(N)(=O)=O. The molecular formula is C12H14F2N2O3S. The quantitative estimate of drug-likeness (QED) is 0.904. The van der Waals surface area contributed by atoms with E-state index < -0.39 is 38.0 Å². The van der Waals surface area contributed by atoms with Crippen molar-refractivity contribution >= 4 is 15.9 Å². The molecule has 1 aromatic carbocycles. The topological polar surface area (TPSA) is 80.5 Å². The third-order valence-corrected chi connectivity index (χ3v) is 4.09.